The zero-order valence-electron chi connectivity index (χ0n) is 13.8. The second-order valence-electron chi connectivity index (χ2n) is 6.34. The molecule has 0 aliphatic heterocycles. The summed E-state index contributed by atoms with van der Waals surface area (Å²) in [5.74, 6) is 0. The standard InChI is InChI=1S/C18H31NO/c1-6-13-19-17(11-12-18(3,4)20-5)14-16-9-7-15(2)8-10-16/h7-10,17,19H,6,11-14H2,1-5H3. The van der Waals surface area contributed by atoms with E-state index in [0.29, 0.717) is 6.04 Å². The van der Waals surface area contributed by atoms with Crippen LogP contribution in [0.15, 0.2) is 24.3 Å². The number of benzene rings is 1. The molecule has 0 spiro atoms. The van der Waals surface area contributed by atoms with Crippen molar-refractivity contribution in [1.82, 2.24) is 5.32 Å². The smallest absolute Gasteiger partial charge is 0.0623 e. The molecule has 1 N–H and O–H groups in total. The number of hydrogen-bond acceptors (Lipinski definition) is 2. The normalized spacial score (nSPS) is 13.4. The van der Waals surface area contributed by atoms with Gasteiger partial charge < -0.3 is 10.1 Å². The molecule has 1 unspecified atom stereocenters. The SMILES string of the molecule is CCCNC(CCC(C)(C)OC)Cc1ccc(C)cc1. The van der Waals surface area contributed by atoms with Gasteiger partial charge in [0.1, 0.15) is 0 Å². The van der Waals surface area contributed by atoms with Crippen LogP contribution in [0.2, 0.25) is 0 Å². The van der Waals surface area contributed by atoms with Crippen LogP contribution >= 0.6 is 0 Å². The van der Waals surface area contributed by atoms with Crippen molar-refractivity contribution in [2.75, 3.05) is 13.7 Å². The first-order valence-corrected chi connectivity index (χ1v) is 7.81. The summed E-state index contributed by atoms with van der Waals surface area (Å²) in [5, 5.41) is 3.67. The molecule has 0 saturated heterocycles. The van der Waals surface area contributed by atoms with Crippen molar-refractivity contribution in [2.45, 2.75) is 65.0 Å². The Morgan fingerprint density at radius 3 is 2.40 bits per heavy atom. The third-order valence-electron chi connectivity index (χ3n) is 3.93. The molecule has 0 amide bonds. The van der Waals surface area contributed by atoms with Gasteiger partial charge >= 0.3 is 0 Å². The van der Waals surface area contributed by atoms with Crippen LogP contribution < -0.4 is 5.32 Å². The predicted octanol–water partition coefficient (Wildman–Crippen LogP) is 4.11. The number of hydrogen-bond donors (Lipinski definition) is 1. The Kier molecular flexibility index (Phi) is 7.25. The largest absolute Gasteiger partial charge is 0.379 e. The van der Waals surface area contributed by atoms with Crippen molar-refractivity contribution in [2.24, 2.45) is 0 Å². The maximum absolute atomic E-state index is 5.53. The van der Waals surface area contributed by atoms with Crippen LogP contribution in [-0.2, 0) is 11.2 Å². The van der Waals surface area contributed by atoms with Gasteiger partial charge in [0.25, 0.3) is 0 Å². The molecule has 0 bridgehead atoms. The summed E-state index contributed by atoms with van der Waals surface area (Å²) in [6.07, 6.45) is 4.50. The number of ether oxygens (including phenoxy) is 1. The second-order valence-corrected chi connectivity index (χ2v) is 6.34. The first-order valence-electron chi connectivity index (χ1n) is 7.81. The third-order valence-corrected chi connectivity index (χ3v) is 3.93. The van der Waals surface area contributed by atoms with Crippen molar-refractivity contribution >= 4 is 0 Å². The van der Waals surface area contributed by atoms with Crippen LogP contribution in [0.4, 0.5) is 0 Å². The Hall–Kier alpha value is -0.860. The van der Waals surface area contributed by atoms with Crippen LogP contribution in [0, 0.1) is 6.92 Å². The Morgan fingerprint density at radius 1 is 1.20 bits per heavy atom. The van der Waals surface area contributed by atoms with E-state index in [1.807, 2.05) is 0 Å². The molecule has 0 radical (unpaired) electrons. The molecule has 0 aromatic heterocycles. The topological polar surface area (TPSA) is 21.3 Å². The van der Waals surface area contributed by atoms with Gasteiger partial charge in [-0.1, -0.05) is 36.8 Å². The van der Waals surface area contributed by atoms with E-state index >= 15 is 0 Å². The number of methoxy groups -OCH3 is 1. The van der Waals surface area contributed by atoms with E-state index in [-0.39, 0.29) is 5.60 Å². The molecule has 1 rings (SSSR count). The number of rotatable bonds is 9. The molecular weight excluding hydrogens is 246 g/mol. The van der Waals surface area contributed by atoms with Gasteiger partial charge in [0.05, 0.1) is 5.60 Å². The van der Waals surface area contributed by atoms with E-state index in [9.17, 15) is 0 Å². The maximum atomic E-state index is 5.53. The summed E-state index contributed by atoms with van der Waals surface area (Å²) in [6, 6.07) is 9.43. The molecule has 114 valence electrons. The van der Waals surface area contributed by atoms with Crippen molar-refractivity contribution in [1.29, 1.82) is 0 Å². The molecule has 0 aliphatic carbocycles. The van der Waals surface area contributed by atoms with Crippen LogP contribution in [-0.4, -0.2) is 25.3 Å². The average molecular weight is 277 g/mol. The summed E-state index contributed by atoms with van der Waals surface area (Å²) in [7, 11) is 1.80. The molecule has 2 nitrogen and oxygen atoms in total. The first-order chi connectivity index (χ1) is 9.46. The molecule has 0 heterocycles. The highest BCUT2D eigenvalue weighted by Gasteiger charge is 2.19. The highest BCUT2D eigenvalue weighted by Crippen LogP contribution is 2.18. The summed E-state index contributed by atoms with van der Waals surface area (Å²) >= 11 is 0. The van der Waals surface area contributed by atoms with Crippen molar-refractivity contribution in [3.05, 3.63) is 35.4 Å². The van der Waals surface area contributed by atoms with Gasteiger partial charge in [0, 0.05) is 13.2 Å². The summed E-state index contributed by atoms with van der Waals surface area (Å²) in [6.45, 7) is 9.77. The van der Waals surface area contributed by atoms with Gasteiger partial charge in [-0.2, -0.15) is 0 Å². The third kappa shape index (κ3) is 6.53. The van der Waals surface area contributed by atoms with Gasteiger partial charge in [-0.15, -0.1) is 0 Å². The number of aryl methyl sites for hydroxylation is 1. The fourth-order valence-electron chi connectivity index (χ4n) is 2.26. The molecule has 1 atom stereocenters. The molecule has 1 aromatic rings. The van der Waals surface area contributed by atoms with Gasteiger partial charge in [0.2, 0.25) is 0 Å². The molecule has 20 heavy (non-hydrogen) atoms. The van der Waals surface area contributed by atoms with Gasteiger partial charge in [-0.3, -0.25) is 0 Å². The lowest BCUT2D eigenvalue weighted by molar-refractivity contribution is 0.0117. The predicted molar refractivity (Wildman–Crippen MR) is 87.3 cm³/mol. The first kappa shape index (κ1) is 17.2. The zero-order valence-corrected chi connectivity index (χ0v) is 13.8. The fourth-order valence-corrected chi connectivity index (χ4v) is 2.26. The molecule has 0 saturated carbocycles. The van der Waals surface area contributed by atoms with Crippen molar-refractivity contribution < 1.29 is 4.74 Å². The highest BCUT2D eigenvalue weighted by atomic mass is 16.5. The zero-order chi connectivity index (χ0) is 15.0. The second kappa shape index (κ2) is 8.43. The highest BCUT2D eigenvalue weighted by molar-refractivity contribution is 5.22. The lowest BCUT2D eigenvalue weighted by Gasteiger charge is -2.26. The quantitative estimate of drug-likeness (QED) is 0.733. The van der Waals surface area contributed by atoms with E-state index < -0.39 is 0 Å². The Balaban J connectivity index is 2.57. The minimum absolute atomic E-state index is 0.0284. The molecule has 0 aliphatic rings. The van der Waals surface area contributed by atoms with Crippen LogP contribution in [0.5, 0.6) is 0 Å². The van der Waals surface area contributed by atoms with Gasteiger partial charge in [0.15, 0.2) is 0 Å². The van der Waals surface area contributed by atoms with E-state index in [2.05, 4.69) is 57.3 Å². The van der Waals surface area contributed by atoms with Crippen molar-refractivity contribution in [3.63, 3.8) is 0 Å². The van der Waals surface area contributed by atoms with Crippen LogP contribution in [0.3, 0.4) is 0 Å². The molecule has 1 aromatic carbocycles. The molecule has 2 heteroatoms. The van der Waals surface area contributed by atoms with E-state index in [0.717, 1.165) is 25.8 Å². The Morgan fingerprint density at radius 2 is 1.85 bits per heavy atom. The van der Waals surface area contributed by atoms with E-state index in [1.165, 1.54) is 17.5 Å². The van der Waals surface area contributed by atoms with Crippen molar-refractivity contribution in [3.8, 4) is 0 Å². The minimum Gasteiger partial charge on any atom is -0.379 e. The van der Waals surface area contributed by atoms with Crippen LogP contribution in [0.1, 0.15) is 51.2 Å². The summed E-state index contributed by atoms with van der Waals surface area (Å²) < 4.78 is 5.53. The van der Waals surface area contributed by atoms with Crippen LogP contribution in [0.25, 0.3) is 0 Å². The maximum Gasteiger partial charge on any atom is 0.0623 e. The lowest BCUT2D eigenvalue weighted by Crippen LogP contribution is -2.34. The number of nitrogens with one attached hydrogen (secondary N) is 1. The minimum atomic E-state index is -0.0284. The summed E-state index contributed by atoms with van der Waals surface area (Å²) in [4.78, 5) is 0. The monoisotopic (exact) mass is 277 g/mol. The molecular formula is C18H31NO. The Labute approximate surface area is 124 Å². The fraction of sp³-hybridized carbons (Fsp3) is 0.667. The van der Waals surface area contributed by atoms with E-state index in [4.69, 9.17) is 4.74 Å². The van der Waals surface area contributed by atoms with Gasteiger partial charge in [-0.05, 0) is 58.6 Å². The van der Waals surface area contributed by atoms with E-state index in [1.54, 1.807) is 7.11 Å². The average Bonchev–Trinajstić information content (AvgIpc) is 2.44. The van der Waals surface area contributed by atoms with Gasteiger partial charge in [-0.25, -0.2) is 0 Å². The lowest BCUT2D eigenvalue weighted by atomic mass is 9.95. The summed E-state index contributed by atoms with van der Waals surface area (Å²) in [5.41, 5.74) is 2.71. The Bertz CT molecular complexity index is 370. The molecule has 0 fully saturated rings.